The van der Waals surface area contributed by atoms with Crippen molar-refractivity contribution in [2.75, 3.05) is 7.11 Å². The van der Waals surface area contributed by atoms with Gasteiger partial charge in [0.2, 0.25) is 0 Å². The van der Waals surface area contributed by atoms with Crippen molar-refractivity contribution in [1.82, 2.24) is 14.5 Å². The summed E-state index contributed by atoms with van der Waals surface area (Å²) >= 11 is 1.11. The molecule has 3 aromatic rings. The molecule has 0 fully saturated rings. The van der Waals surface area contributed by atoms with Gasteiger partial charge in [0.15, 0.2) is 0 Å². The maximum atomic E-state index is 13.1. The number of aromatic nitrogens is 3. The van der Waals surface area contributed by atoms with E-state index >= 15 is 0 Å². The Labute approximate surface area is 174 Å². The standard InChI is InChI=1S/C21H15N5O3S/c1-29-21(28)17-16(13-5-3-7-25-11-13)14(9-22)18(23)26-19(27)15(30-20(17)26)8-12-4-2-6-24-10-12/h2-8,10-11,16H,23H2,1H3/b15-8-/t16-/m1/s1. The van der Waals surface area contributed by atoms with Crippen LogP contribution in [0.2, 0.25) is 0 Å². The molecule has 0 aliphatic carbocycles. The number of pyridine rings is 2. The first-order chi connectivity index (χ1) is 14.6. The Kier molecular flexibility index (Phi) is 5.00. The number of nitrogens with two attached hydrogens (primary N) is 1. The average molecular weight is 417 g/mol. The zero-order chi connectivity index (χ0) is 21.3. The Morgan fingerprint density at radius 1 is 1.30 bits per heavy atom. The fraction of sp³-hybridized carbons (Fsp3) is 0.0952. The maximum absolute atomic E-state index is 13.1. The van der Waals surface area contributed by atoms with Gasteiger partial charge in [-0.1, -0.05) is 12.1 Å². The molecule has 0 aromatic carbocycles. The van der Waals surface area contributed by atoms with E-state index in [9.17, 15) is 14.9 Å². The molecule has 4 rings (SSSR count). The molecule has 2 N–H and O–H groups in total. The quantitative estimate of drug-likeness (QED) is 0.608. The molecular formula is C21H15N5O3S. The van der Waals surface area contributed by atoms with Crippen LogP contribution in [-0.4, -0.2) is 27.6 Å². The van der Waals surface area contributed by atoms with Gasteiger partial charge in [0.1, 0.15) is 10.5 Å². The van der Waals surface area contributed by atoms with E-state index < -0.39 is 17.4 Å². The van der Waals surface area contributed by atoms with Gasteiger partial charge in [-0.25, -0.2) is 4.79 Å². The summed E-state index contributed by atoms with van der Waals surface area (Å²) in [6.45, 7) is 0. The number of nitrogens with zero attached hydrogens (tertiary/aromatic N) is 4. The Bertz CT molecular complexity index is 1380. The average Bonchev–Trinajstić information content (AvgIpc) is 3.10. The summed E-state index contributed by atoms with van der Waals surface area (Å²) in [5.74, 6) is -1.45. The first-order valence-electron chi connectivity index (χ1n) is 8.83. The molecule has 0 saturated heterocycles. The highest BCUT2D eigenvalue weighted by Crippen LogP contribution is 2.35. The van der Waals surface area contributed by atoms with E-state index in [0.29, 0.717) is 14.8 Å². The van der Waals surface area contributed by atoms with Gasteiger partial charge in [-0.2, -0.15) is 5.26 Å². The molecule has 0 radical (unpaired) electrons. The number of hydrogen-bond donors (Lipinski definition) is 1. The Morgan fingerprint density at radius 3 is 2.63 bits per heavy atom. The largest absolute Gasteiger partial charge is 0.466 e. The highest BCUT2D eigenvalue weighted by molar-refractivity contribution is 7.07. The van der Waals surface area contributed by atoms with Crippen LogP contribution in [0, 0.1) is 11.3 Å². The molecule has 0 saturated carbocycles. The van der Waals surface area contributed by atoms with Gasteiger partial charge in [-0.05, 0) is 29.3 Å². The summed E-state index contributed by atoms with van der Waals surface area (Å²) in [6.07, 6.45) is 8.06. The second-order valence-corrected chi connectivity index (χ2v) is 7.41. The third-order valence-corrected chi connectivity index (χ3v) is 5.78. The number of hydrogen-bond acceptors (Lipinski definition) is 8. The molecule has 4 heterocycles. The number of methoxy groups -OCH3 is 1. The first kappa shape index (κ1) is 19.3. The molecule has 0 spiro atoms. The van der Waals surface area contributed by atoms with E-state index in [4.69, 9.17) is 10.5 Å². The summed E-state index contributed by atoms with van der Waals surface area (Å²) in [5, 5.41) is 9.82. The monoisotopic (exact) mass is 417 g/mol. The van der Waals surface area contributed by atoms with Gasteiger partial charge in [0.05, 0.1) is 34.8 Å². The van der Waals surface area contributed by atoms with Crippen molar-refractivity contribution < 1.29 is 9.53 Å². The van der Waals surface area contributed by atoms with Crippen molar-refractivity contribution in [2.24, 2.45) is 5.73 Å². The van der Waals surface area contributed by atoms with Crippen LogP contribution in [0.3, 0.4) is 0 Å². The van der Waals surface area contributed by atoms with Crippen LogP contribution in [0.5, 0.6) is 0 Å². The molecule has 8 nitrogen and oxygen atoms in total. The van der Waals surface area contributed by atoms with Crippen molar-refractivity contribution in [3.8, 4) is 6.07 Å². The highest BCUT2D eigenvalue weighted by Gasteiger charge is 2.36. The van der Waals surface area contributed by atoms with Crippen LogP contribution in [-0.2, 0) is 9.53 Å². The predicted molar refractivity (Wildman–Crippen MR) is 111 cm³/mol. The van der Waals surface area contributed by atoms with Crippen LogP contribution < -0.4 is 20.5 Å². The molecule has 148 valence electrons. The van der Waals surface area contributed by atoms with Crippen molar-refractivity contribution in [1.29, 1.82) is 5.26 Å². The number of carbonyl (C=O) groups excluding carboxylic acids is 1. The SMILES string of the molecule is COC(=O)C1=c2s/c(=C\c3cccnc3)c(=O)n2C(N)=C(C#N)[C@H]1c1cccnc1. The Hall–Kier alpha value is -4.03. The minimum Gasteiger partial charge on any atom is -0.466 e. The predicted octanol–water partition coefficient (Wildman–Crippen LogP) is 0.301. The van der Waals surface area contributed by atoms with E-state index in [1.165, 1.54) is 11.7 Å². The summed E-state index contributed by atoms with van der Waals surface area (Å²) in [7, 11) is 1.25. The second kappa shape index (κ2) is 7.77. The fourth-order valence-electron chi connectivity index (χ4n) is 3.35. The lowest BCUT2D eigenvalue weighted by atomic mass is 9.84. The van der Waals surface area contributed by atoms with Crippen LogP contribution >= 0.6 is 11.3 Å². The van der Waals surface area contributed by atoms with Gasteiger partial charge < -0.3 is 10.5 Å². The number of thiazole rings is 1. The van der Waals surface area contributed by atoms with E-state index in [2.05, 4.69) is 16.0 Å². The van der Waals surface area contributed by atoms with Gasteiger partial charge in [0, 0.05) is 24.8 Å². The smallest absolute Gasteiger partial charge is 0.337 e. The minimum absolute atomic E-state index is 0.0129. The van der Waals surface area contributed by atoms with Crippen molar-refractivity contribution in [2.45, 2.75) is 5.92 Å². The van der Waals surface area contributed by atoms with Gasteiger partial charge in [-0.15, -0.1) is 11.3 Å². The summed E-state index contributed by atoms with van der Waals surface area (Å²) in [6, 6.07) is 9.07. The number of rotatable bonds is 3. The third-order valence-electron chi connectivity index (χ3n) is 4.67. The number of allylic oxidation sites excluding steroid dienone is 1. The normalized spacial score (nSPS) is 16.2. The molecule has 0 amide bonds. The molecule has 1 aliphatic rings. The topological polar surface area (TPSA) is 124 Å². The third kappa shape index (κ3) is 3.09. The van der Waals surface area contributed by atoms with Crippen LogP contribution in [0.15, 0.2) is 59.4 Å². The molecule has 3 aromatic heterocycles. The van der Waals surface area contributed by atoms with Crippen molar-refractivity contribution in [3.05, 3.63) is 85.3 Å². The van der Waals surface area contributed by atoms with E-state index in [1.807, 2.05) is 0 Å². The summed E-state index contributed by atoms with van der Waals surface area (Å²) in [5.41, 5.74) is 7.41. The zero-order valence-corrected chi connectivity index (χ0v) is 16.6. The number of esters is 1. The summed E-state index contributed by atoms with van der Waals surface area (Å²) in [4.78, 5) is 34.0. The minimum atomic E-state index is -0.791. The number of ether oxygens (including phenoxy) is 1. The summed E-state index contributed by atoms with van der Waals surface area (Å²) < 4.78 is 6.87. The lowest BCUT2D eigenvalue weighted by Crippen LogP contribution is -2.40. The van der Waals surface area contributed by atoms with Crippen molar-refractivity contribution >= 4 is 34.8 Å². The number of carbonyl (C=O) groups is 1. The number of nitriles is 1. The molecule has 1 aliphatic heterocycles. The first-order valence-corrected chi connectivity index (χ1v) is 9.64. The van der Waals surface area contributed by atoms with Gasteiger partial charge in [-0.3, -0.25) is 19.3 Å². The Morgan fingerprint density at radius 2 is 2.03 bits per heavy atom. The molecular weight excluding hydrogens is 402 g/mol. The highest BCUT2D eigenvalue weighted by atomic mass is 32.1. The van der Waals surface area contributed by atoms with Gasteiger partial charge >= 0.3 is 5.97 Å². The molecule has 0 unspecified atom stereocenters. The van der Waals surface area contributed by atoms with E-state index in [-0.39, 0.29) is 17.0 Å². The van der Waals surface area contributed by atoms with Gasteiger partial charge in [0.25, 0.3) is 5.56 Å². The maximum Gasteiger partial charge on any atom is 0.337 e. The molecule has 1 atom stereocenters. The molecule has 30 heavy (non-hydrogen) atoms. The molecule has 9 heteroatoms. The lowest BCUT2D eigenvalue weighted by Gasteiger charge is -2.24. The van der Waals surface area contributed by atoms with Crippen LogP contribution in [0.25, 0.3) is 17.5 Å². The fourth-order valence-corrected chi connectivity index (χ4v) is 4.51. The molecule has 0 bridgehead atoms. The number of fused-ring (bicyclic) bond motifs is 1. The van der Waals surface area contributed by atoms with E-state index in [0.717, 1.165) is 16.9 Å². The van der Waals surface area contributed by atoms with Crippen molar-refractivity contribution in [3.63, 3.8) is 0 Å². The Balaban J connectivity index is 2.12. The zero-order valence-electron chi connectivity index (χ0n) is 15.8. The second-order valence-electron chi connectivity index (χ2n) is 6.38. The van der Waals surface area contributed by atoms with Crippen LogP contribution in [0.4, 0.5) is 0 Å². The van der Waals surface area contributed by atoms with E-state index in [1.54, 1.807) is 55.1 Å². The lowest BCUT2D eigenvalue weighted by molar-refractivity contribution is -0.134. The van der Waals surface area contributed by atoms with Crippen LogP contribution in [0.1, 0.15) is 17.0 Å².